The van der Waals surface area contributed by atoms with E-state index in [2.05, 4.69) is 5.32 Å². The monoisotopic (exact) mass is 438 g/mol. The first-order chi connectivity index (χ1) is 15.1. The van der Waals surface area contributed by atoms with Crippen LogP contribution >= 0.6 is 0 Å². The van der Waals surface area contributed by atoms with Crippen LogP contribution in [0.15, 0.2) is 54.6 Å². The van der Waals surface area contributed by atoms with Gasteiger partial charge in [-0.1, -0.05) is 42.5 Å². The number of methoxy groups -OCH3 is 1. The molecule has 7 heteroatoms. The summed E-state index contributed by atoms with van der Waals surface area (Å²) < 4.78 is 10.9. The molecule has 2 aromatic carbocycles. The second kappa shape index (κ2) is 9.53. The summed E-state index contributed by atoms with van der Waals surface area (Å²) in [4.78, 5) is 39.9. The summed E-state index contributed by atoms with van der Waals surface area (Å²) in [6, 6.07) is 15.3. The van der Waals surface area contributed by atoms with Gasteiger partial charge in [0.1, 0.15) is 11.8 Å². The van der Waals surface area contributed by atoms with Crippen LogP contribution < -0.4 is 5.32 Å². The maximum atomic E-state index is 13.0. The van der Waals surface area contributed by atoms with Crippen LogP contribution in [0, 0.1) is 0 Å². The fraction of sp³-hybridized carbons (Fsp3) is 0.400. The van der Waals surface area contributed by atoms with Crippen LogP contribution in [0.25, 0.3) is 0 Å². The van der Waals surface area contributed by atoms with Gasteiger partial charge < -0.3 is 19.7 Å². The van der Waals surface area contributed by atoms with Gasteiger partial charge in [-0.25, -0.2) is 4.79 Å². The van der Waals surface area contributed by atoms with Crippen LogP contribution in [0.3, 0.4) is 0 Å². The second-order valence-electron chi connectivity index (χ2n) is 8.61. The molecule has 0 aliphatic carbocycles. The number of hydrogen-bond donors (Lipinski definition) is 1. The first-order valence-electron chi connectivity index (χ1n) is 10.7. The lowest BCUT2D eigenvalue weighted by molar-refractivity contribution is -0.142. The molecule has 7 nitrogen and oxygen atoms in total. The van der Waals surface area contributed by atoms with E-state index in [0.717, 1.165) is 5.56 Å². The quantitative estimate of drug-likeness (QED) is 0.671. The van der Waals surface area contributed by atoms with Crippen molar-refractivity contribution in [1.82, 2.24) is 10.2 Å². The number of nitrogens with one attached hydrogen (secondary N) is 1. The Morgan fingerprint density at radius 1 is 1.12 bits per heavy atom. The maximum Gasteiger partial charge on any atom is 0.328 e. The molecular weight excluding hydrogens is 408 g/mol. The highest BCUT2D eigenvalue weighted by atomic mass is 16.6. The van der Waals surface area contributed by atoms with Crippen molar-refractivity contribution in [3.8, 4) is 0 Å². The number of hydrogen-bond acceptors (Lipinski definition) is 5. The molecular formula is C25H30N2O5. The Kier molecular flexibility index (Phi) is 6.99. The minimum Gasteiger partial charge on any atom is -0.467 e. The van der Waals surface area contributed by atoms with E-state index < -0.39 is 29.7 Å². The number of rotatable bonds is 7. The molecule has 1 heterocycles. The third kappa shape index (κ3) is 4.99. The Morgan fingerprint density at radius 2 is 1.81 bits per heavy atom. The van der Waals surface area contributed by atoms with Crippen molar-refractivity contribution >= 4 is 17.8 Å². The summed E-state index contributed by atoms with van der Waals surface area (Å²) in [5, 5.41) is 2.76. The number of carbonyl (C=O) groups excluding carboxylic acids is 3. The van der Waals surface area contributed by atoms with Crippen LogP contribution in [0.1, 0.15) is 55.3 Å². The van der Waals surface area contributed by atoms with Crippen molar-refractivity contribution in [1.29, 1.82) is 0 Å². The van der Waals surface area contributed by atoms with Gasteiger partial charge in [0, 0.05) is 18.0 Å². The van der Waals surface area contributed by atoms with Gasteiger partial charge in [0.25, 0.3) is 11.8 Å². The van der Waals surface area contributed by atoms with Gasteiger partial charge in [-0.15, -0.1) is 0 Å². The van der Waals surface area contributed by atoms with E-state index in [-0.39, 0.29) is 11.9 Å². The summed E-state index contributed by atoms with van der Waals surface area (Å²) in [5.41, 5.74) is 1.08. The number of amides is 2. The summed E-state index contributed by atoms with van der Waals surface area (Å²) in [6.45, 7) is 7.59. The molecule has 1 N–H and O–H groups in total. The highest BCUT2D eigenvalue weighted by Crippen LogP contribution is 2.38. The Labute approximate surface area is 188 Å². The third-order valence-corrected chi connectivity index (χ3v) is 5.49. The van der Waals surface area contributed by atoms with E-state index in [1.54, 1.807) is 29.2 Å². The summed E-state index contributed by atoms with van der Waals surface area (Å²) in [5.74, 6) is -1.09. The van der Waals surface area contributed by atoms with Crippen molar-refractivity contribution < 1.29 is 23.9 Å². The zero-order chi connectivity index (χ0) is 23.5. The number of nitrogens with zero attached hydrogens (tertiary/aromatic N) is 1. The minimum atomic E-state index is -0.835. The third-order valence-electron chi connectivity index (χ3n) is 5.49. The molecule has 1 aliphatic heterocycles. The average Bonchev–Trinajstić information content (AvgIpc) is 3.02. The van der Waals surface area contributed by atoms with Crippen LogP contribution in [-0.4, -0.2) is 47.6 Å². The van der Waals surface area contributed by atoms with Gasteiger partial charge in [0.05, 0.1) is 7.11 Å². The maximum absolute atomic E-state index is 13.0. The van der Waals surface area contributed by atoms with E-state index in [0.29, 0.717) is 17.5 Å². The standard InChI is InChI=1S/C25H30N2O5/c1-16(2)27-23(29)21(32-25(27,3)4)18-12-9-13-19(15-18)22(28)26-20(24(30)31-5)14-17-10-7-6-8-11-17/h6-13,15-16,20-21H,14H2,1-5H3,(H,26,28)/t20-,21?/m0/s1. The molecule has 3 rings (SSSR count). The summed E-state index contributed by atoms with van der Waals surface area (Å²) in [7, 11) is 1.29. The van der Waals surface area contributed by atoms with Gasteiger partial charge in [0.15, 0.2) is 6.10 Å². The van der Waals surface area contributed by atoms with Crippen molar-refractivity contribution in [3.05, 3.63) is 71.3 Å². The molecule has 1 fully saturated rings. The molecule has 0 spiro atoms. The zero-order valence-corrected chi connectivity index (χ0v) is 19.1. The SMILES string of the molecule is COC(=O)[C@H](Cc1ccccc1)NC(=O)c1cccc(C2OC(C)(C)N(C(C)C)C2=O)c1. The lowest BCUT2D eigenvalue weighted by Crippen LogP contribution is -2.46. The van der Waals surface area contributed by atoms with E-state index in [1.165, 1.54) is 7.11 Å². The predicted molar refractivity (Wildman–Crippen MR) is 120 cm³/mol. The molecule has 32 heavy (non-hydrogen) atoms. The van der Waals surface area contributed by atoms with Crippen molar-refractivity contribution in [2.45, 2.75) is 58.0 Å². The Bertz CT molecular complexity index is 987. The largest absolute Gasteiger partial charge is 0.467 e. The predicted octanol–water partition coefficient (Wildman–Crippen LogP) is 3.25. The van der Waals surface area contributed by atoms with Crippen LogP contribution in [0.2, 0.25) is 0 Å². The number of ether oxygens (including phenoxy) is 2. The molecule has 2 amide bonds. The molecule has 1 saturated heterocycles. The topological polar surface area (TPSA) is 84.9 Å². The second-order valence-corrected chi connectivity index (χ2v) is 8.61. The van der Waals surface area contributed by atoms with Gasteiger partial charge >= 0.3 is 5.97 Å². The smallest absolute Gasteiger partial charge is 0.328 e. The highest BCUT2D eigenvalue weighted by Gasteiger charge is 2.47. The van der Waals surface area contributed by atoms with Crippen LogP contribution in [0.4, 0.5) is 0 Å². The number of carbonyl (C=O) groups is 3. The van der Waals surface area contributed by atoms with Crippen LogP contribution in [-0.2, 0) is 25.5 Å². The van der Waals surface area contributed by atoms with Gasteiger partial charge in [-0.05, 0) is 51.0 Å². The summed E-state index contributed by atoms with van der Waals surface area (Å²) >= 11 is 0. The van der Waals surface area contributed by atoms with E-state index >= 15 is 0 Å². The van der Waals surface area contributed by atoms with E-state index in [4.69, 9.17) is 9.47 Å². The van der Waals surface area contributed by atoms with Gasteiger partial charge in [-0.3, -0.25) is 9.59 Å². The number of benzene rings is 2. The normalized spacial score (nSPS) is 18.5. The first kappa shape index (κ1) is 23.5. The molecule has 1 aliphatic rings. The van der Waals surface area contributed by atoms with Crippen LogP contribution in [0.5, 0.6) is 0 Å². The fourth-order valence-electron chi connectivity index (χ4n) is 4.14. The average molecular weight is 439 g/mol. The zero-order valence-electron chi connectivity index (χ0n) is 19.1. The van der Waals surface area contributed by atoms with Crippen molar-refractivity contribution in [3.63, 3.8) is 0 Å². The molecule has 1 unspecified atom stereocenters. The molecule has 0 aromatic heterocycles. The Morgan fingerprint density at radius 3 is 2.41 bits per heavy atom. The van der Waals surface area contributed by atoms with E-state index in [1.807, 2.05) is 58.0 Å². The van der Waals surface area contributed by atoms with Crippen molar-refractivity contribution in [2.75, 3.05) is 7.11 Å². The lowest BCUT2D eigenvalue weighted by atomic mass is 10.0. The summed E-state index contributed by atoms with van der Waals surface area (Å²) in [6.07, 6.45) is -0.485. The number of esters is 1. The Balaban J connectivity index is 1.80. The molecule has 0 radical (unpaired) electrons. The van der Waals surface area contributed by atoms with E-state index in [9.17, 15) is 14.4 Å². The van der Waals surface area contributed by atoms with Crippen molar-refractivity contribution in [2.24, 2.45) is 0 Å². The molecule has 170 valence electrons. The fourth-order valence-corrected chi connectivity index (χ4v) is 4.14. The first-order valence-corrected chi connectivity index (χ1v) is 10.7. The minimum absolute atomic E-state index is 0.0206. The Hall–Kier alpha value is -3.19. The molecule has 2 atom stereocenters. The molecule has 0 bridgehead atoms. The molecule has 2 aromatic rings. The van der Waals surface area contributed by atoms with Gasteiger partial charge in [-0.2, -0.15) is 0 Å². The van der Waals surface area contributed by atoms with Gasteiger partial charge in [0.2, 0.25) is 0 Å². The highest BCUT2D eigenvalue weighted by molar-refractivity contribution is 5.97. The molecule has 0 saturated carbocycles. The lowest BCUT2D eigenvalue weighted by Gasteiger charge is -2.32.